The predicted molar refractivity (Wildman–Crippen MR) is 107 cm³/mol. The zero-order valence-electron chi connectivity index (χ0n) is 16.0. The van der Waals surface area contributed by atoms with E-state index in [9.17, 15) is 4.39 Å². The molecule has 0 aliphatic carbocycles. The Morgan fingerprint density at radius 1 is 1.15 bits per heavy atom. The van der Waals surface area contributed by atoms with Crippen molar-refractivity contribution in [2.75, 3.05) is 26.8 Å². The smallest absolute Gasteiger partial charge is 0.191 e. The lowest BCUT2D eigenvalue weighted by molar-refractivity contribution is 0.0512. The molecule has 3 rings (SSSR count). The van der Waals surface area contributed by atoms with E-state index in [0.29, 0.717) is 19.8 Å². The van der Waals surface area contributed by atoms with Gasteiger partial charge in [-0.05, 0) is 43.0 Å². The second-order valence-corrected chi connectivity index (χ2v) is 7.11. The van der Waals surface area contributed by atoms with Gasteiger partial charge in [0, 0.05) is 32.2 Å². The van der Waals surface area contributed by atoms with Crippen LogP contribution in [0.5, 0.6) is 0 Å². The van der Waals surface area contributed by atoms with Gasteiger partial charge in [0.05, 0.1) is 6.04 Å². The highest BCUT2D eigenvalue weighted by molar-refractivity contribution is 5.80. The van der Waals surface area contributed by atoms with Crippen LogP contribution < -0.4 is 10.6 Å². The summed E-state index contributed by atoms with van der Waals surface area (Å²) >= 11 is 0. The Hall–Kier alpha value is -2.40. The van der Waals surface area contributed by atoms with Gasteiger partial charge in [-0.1, -0.05) is 42.5 Å². The van der Waals surface area contributed by atoms with Crippen LogP contribution in [0.4, 0.5) is 4.39 Å². The zero-order valence-corrected chi connectivity index (χ0v) is 16.0. The first kappa shape index (κ1) is 19.4. The summed E-state index contributed by atoms with van der Waals surface area (Å²) in [5.74, 6) is 0.548. The van der Waals surface area contributed by atoms with Crippen LogP contribution in [0.3, 0.4) is 0 Å². The number of benzene rings is 2. The molecule has 1 saturated heterocycles. The Kier molecular flexibility index (Phi) is 6.45. The number of nitrogens with zero attached hydrogens (tertiary/aromatic N) is 1. The van der Waals surface area contributed by atoms with Gasteiger partial charge in [0.15, 0.2) is 5.96 Å². The Morgan fingerprint density at radius 2 is 1.89 bits per heavy atom. The van der Waals surface area contributed by atoms with E-state index in [-0.39, 0.29) is 17.3 Å². The summed E-state index contributed by atoms with van der Waals surface area (Å²) < 4.78 is 19.4. The van der Waals surface area contributed by atoms with Crippen molar-refractivity contribution >= 4 is 5.96 Å². The van der Waals surface area contributed by atoms with Crippen LogP contribution in [0, 0.1) is 5.82 Å². The van der Waals surface area contributed by atoms with Crippen LogP contribution in [0.1, 0.15) is 36.9 Å². The Balaban J connectivity index is 1.70. The molecule has 2 N–H and O–H groups in total. The molecule has 0 saturated carbocycles. The van der Waals surface area contributed by atoms with Crippen molar-refractivity contribution in [3.63, 3.8) is 0 Å². The molecule has 1 aliphatic rings. The largest absolute Gasteiger partial charge is 0.381 e. The minimum Gasteiger partial charge on any atom is -0.381 e. The average Bonchev–Trinajstić information content (AvgIpc) is 2.72. The molecule has 1 aliphatic heterocycles. The Labute approximate surface area is 160 Å². The first-order valence-electron chi connectivity index (χ1n) is 9.49. The van der Waals surface area contributed by atoms with Gasteiger partial charge in [-0.3, -0.25) is 4.99 Å². The van der Waals surface area contributed by atoms with E-state index in [1.807, 2.05) is 24.3 Å². The van der Waals surface area contributed by atoms with Crippen LogP contribution in [0.15, 0.2) is 59.6 Å². The number of hydrogen-bond donors (Lipinski definition) is 2. The minimum atomic E-state index is -0.196. The van der Waals surface area contributed by atoms with Crippen LogP contribution in [0.25, 0.3) is 0 Å². The molecule has 0 radical (unpaired) electrons. The topological polar surface area (TPSA) is 45.7 Å². The number of guanidine groups is 1. The van der Waals surface area contributed by atoms with E-state index in [4.69, 9.17) is 4.74 Å². The van der Waals surface area contributed by atoms with Crippen LogP contribution in [-0.4, -0.2) is 32.8 Å². The number of rotatable bonds is 5. The van der Waals surface area contributed by atoms with E-state index >= 15 is 0 Å². The molecule has 2 aromatic carbocycles. The van der Waals surface area contributed by atoms with Crippen molar-refractivity contribution in [1.29, 1.82) is 0 Å². The summed E-state index contributed by atoms with van der Waals surface area (Å²) in [7, 11) is 1.77. The molecule has 1 unspecified atom stereocenters. The van der Waals surface area contributed by atoms with Gasteiger partial charge in [0.25, 0.3) is 0 Å². The molecule has 27 heavy (non-hydrogen) atoms. The highest BCUT2D eigenvalue weighted by Gasteiger charge is 2.35. The van der Waals surface area contributed by atoms with Gasteiger partial charge in [-0.15, -0.1) is 0 Å². The molecule has 144 valence electrons. The van der Waals surface area contributed by atoms with Gasteiger partial charge in [0.2, 0.25) is 0 Å². The van der Waals surface area contributed by atoms with E-state index in [1.54, 1.807) is 19.2 Å². The fourth-order valence-corrected chi connectivity index (χ4v) is 3.63. The standard InChI is InChI=1S/C22H28FN3O/c1-17(18-7-4-3-5-8-18)26-21(24-2)25-16-22(11-13-27-14-12-22)19-9-6-10-20(23)15-19/h3-10,15,17H,11-14,16H2,1-2H3,(H2,24,25,26). The van der Waals surface area contributed by atoms with Gasteiger partial charge in [-0.25, -0.2) is 4.39 Å². The fraction of sp³-hybridized carbons (Fsp3) is 0.409. The maximum atomic E-state index is 13.8. The average molecular weight is 369 g/mol. The second-order valence-electron chi connectivity index (χ2n) is 7.11. The third-order valence-corrected chi connectivity index (χ3v) is 5.36. The van der Waals surface area contributed by atoms with Crippen molar-refractivity contribution in [3.05, 3.63) is 71.5 Å². The molecule has 0 spiro atoms. The maximum absolute atomic E-state index is 13.8. The van der Waals surface area contributed by atoms with Crippen LogP contribution >= 0.6 is 0 Å². The second kappa shape index (κ2) is 9.00. The minimum absolute atomic E-state index is 0.136. The first-order valence-corrected chi connectivity index (χ1v) is 9.49. The zero-order chi connectivity index (χ0) is 19.1. The monoisotopic (exact) mass is 369 g/mol. The Bertz CT molecular complexity index is 757. The van der Waals surface area contributed by atoms with Crippen molar-refractivity contribution in [1.82, 2.24) is 10.6 Å². The lowest BCUT2D eigenvalue weighted by atomic mass is 9.74. The quantitative estimate of drug-likeness (QED) is 0.622. The highest BCUT2D eigenvalue weighted by atomic mass is 19.1. The van der Waals surface area contributed by atoms with E-state index in [1.165, 1.54) is 11.6 Å². The molecule has 5 heteroatoms. The lowest BCUT2D eigenvalue weighted by Gasteiger charge is -2.38. The molecule has 4 nitrogen and oxygen atoms in total. The van der Waals surface area contributed by atoms with Gasteiger partial charge in [-0.2, -0.15) is 0 Å². The molecular formula is C22H28FN3O. The van der Waals surface area contributed by atoms with Crippen molar-refractivity contribution in [3.8, 4) is 0 Å². The molecular weight excluding hydrogens is 341 g/mol. The normalized spacial score (nSPS) is 18.0. The number of halogens is 1. The third kappa shape index (κ3) is 4.86. The summed E-state index contributed by atoms with van der Waals surface area (Å²) in [6, 6.07) is 17.3. The van der Waals surface area contributed by atoms with E-state index in [2.05, 4.69) is 34.7 Å². The summed E-state index contributed by atoms with van der Waals surface area (Å²) in [5.41, 5.74) is 2.06. The summed E-state index contributed by atoms with van der Waals surface area (Å²) in [4.78, 5) is 4.37. The van der Waals surface area contributed by atoms with Crippen molar-refractivity contribution < 1.29 is 9.13 Å². The van der Waals surface area contributed by atoms with Gasteiger partial charge < -0.3 is 15.4 Å². The molecule has 1 atom stereocenters. The molecule has 0 aromatic heterocycles. The predicted octanol–water partition coefficient (Wildman–Crippen LogP) is 3.80. The first-order chi connectivity index (χ1) is 13.1. The number of hydrogen-bond acceptors (Lipinski definition) is 2. The molecule has 0 amide bonds. The van der Waals surface area contributed by atoms with Gasteiger partial charge >= 0.3 is 0 Å². The Morgan fingerprint density at radius 3 is 2.56 bits per heavy atom. The lowest BCUT2D eigenvalue weighted by Crippen LogP contribution is -2.48. The third-order valence-electron chi connectivity index (χ3n) is 5.36. The molecule has 1 heterocycles. The van der Waals surface area contributed by atoms with Crippen molar-refractivity contribution in [2.24, 2.45) is 4.99 Å². The summed E-state index contributed by atoms with van der Waals surface area (Å²) in [6.07, 6.45) is 1.71. The molecule has 2 aromatic rings. The summed E-state index contributed by atoms with van der Waals surface area (Å²) in [6.45, 7) is 4.16. The SMILES string of the molecule is CN=C(NCC1(c2cccc(F)c2)CCOCC1)NC(C)c1ccccc1. The molecule has 0 bridgehead atoms. The fourth-order valence-electron chi connectivity index (χ4n) is 3.63. The highest BCUT2D eigenvalue weighted by Crippen LogP contribution is 2.34. The van der Waals surface area contributed by atoms with Crippen molar-refractivity contribution in [2.45, 2.75) is 31.2 Å². The van der Waals surface area contributed by atoms with E-state index in [0.717, 1.165) is 24.4 Å². The molecule has 1 fully saturated rings. The number of ether oxygens (including phenoxy) is 1. The van der Waals surface area contributed by atoms with E-state index < -0.39 is 0 Å². The van der Waals surface area contributed by atoms with Crippen LogP contribution in [-0.2, 0) is 10.2 Å². The summed E-state index contributed by atoms with van der Waals surface area (Å²) in [5, 5.41) is 6.90. The van der Waals surface area contributed by atoms with Crippen LogP contribution in [0.2, 0.25) is 0 Å². The maximum Gasteiger partial charge on any atom is 0.191 e. The number of nitrogens with one attached hydrogen (secondary N) is 2. The number of aliphatic imine (C=N–C) groups is 1. The van der Waals surface area contributed by atoms with Gasteiger partial charge in [0.1, 0.15) is 5.82 Å².